The molecule has 1 N–H and O–H groups in total. The molecule has 2 aromatic heterocycles. The van der Waals surface area contributed by atoms with E-state index in [0.717, 1.165) is 44.5 Å². The van der Waals surface area contributed by atoms with Crippen LogP contribution in [0, 0.1) is 0 Å². The summed E-state index contributed by atoms with van der Waals surface area (Å²) in [5.41, 5.74) is 6.58. The van der Waals surface area contributed by atoms with Crippen LogP contribution in [0.1, 0.15) is 0 Å². The SMILES string of the molecule is c1ccc2cc(-c3nc4cc5nc6ccccc6[nH]c5cc4n3)ccc2c1. The van der Waals surface area contributed by atoms with E-state index < -0.39 is 0 Å². The van der Waals surface area contributed by atoms with E-state index in [1.165, 1.54) is 10.8 Å². The predicted octanol–water partition coefficient (Wildman–Crippen LogP) is 5.48. The first kappa shape index (κ1) is 14.4. The molecule has 0 saturated heterocycles. The van der Waals surface area contributed by atoms with Crippen molar-refractivity contribution in [1.29, 1.82) is 0 Å². The molecule has 4 aromatic carbocycles. The highest BCUT2D eigenvalue weighted by atomic mass is 14.9. The van der Waals surface area contributed by atoms with E-state index in [1.54, 1.807) is 0 Å². The molecular formula is C23H14N4. The van der Waals surface area contributed by atoms with E-state index in [1.807, 2.05) is 48.5 Å². The van der Waals surface area contributed by atoms with Crippen molar-refractivity contribution < 1.29 is 0 Å². The maximum Gasteiger partial charge on any atom is 0.160 e. The lowest BCUT2D eigenvalue weighted by atomic mass is 10.1. The summed E-state index contributed by atoms with van der Waals surface area (Å²) in [7, 11) is 0. The van der Waals surface area contributed by atoms with E-state index in [0.29, 0.717) is 0 Å². The molecule has 6 aromatic rings. The number of para-hydroxylation sites is 2. The molecule has 2 heterocycles. The van der Waals surface area contributed by atoms with Gasteiger partial charge in [-0.3, -0.25) is 0 Å². The van der Waals surface area contributed by atoms with Gasteiger partial charge in [0, 0.05) is 5.56 Å². The molecule has 0 atom stereocenters. The first-order valence-corrected chi connectivity index (χ1v) is 8.89. The Morgan fingerprint density at radius 1 is 0.519 bits per heavy atom. The number of imidazole rings is 1. The number of aromatic amines is 1. The Morgan fingerprint density at radius 3 is 2.22 bits per heavy atom. The van der Waals surface area contributed by atoms with Gasteiger partial charge in [-0.1, -0.05) is 48.5 Å². The zero-order valence-electron chi connectivity index (χ0n) is 14.3. The van der Waals surface area contributed by atoms with Crippen LogP contribution in [0.2, 0.25) is 0 Å². The molecule has 0 bridgehead atoms. The maximum atomic E-state index is 4.76. The number of H-pyrrole nitrogens is 1. The Balaban J connectivity index is 1.57. The fourth-order valence-electron chi connectivity index (χ4n) is 3.60. The van der Waals surface area contributed by atoms with Gasteiger partial charge in [0.25, 0.3) is 0 Å². The molecule has 4 nitrogen and oxygen atoms in total. The van der Waals surface area contributed by atoms with Crippen LogP contribution in [-0.2, 0) is 0 Å². The lowest BCUT2D eigenvalue weighted by Gasteiger charge is -2.01. The molecule has 0 fully saturated rings. The van der Waals surface area contributed by atoms with Crippen LogP contribution in [-0.4, -0.2) is 19.9 Å². The van der Waals surface area contributed by atoms with Crippen molar-refractivity contribution in [2.45, 2.75) is 0 Å². The summed E-state index contributed by atoms with van der Waals surface area (Å²) in [6, 6.07) is 26.7. The van der Waals surface area contributed by atoms with Gasteiger partial charge in [0.15, 0.2) is 5.82 Å². The van der Waals surface area contributed by atoms with E-state index >= 15 is 0 Å². The number of hydrogen-bond donors (Lipinski definition) is 1. The lowest BCUT2D eigenvalue weighted by molar-refractivity contribution is 1.34. The van der Waals surface area contributed by atoms with Gasteiger partial charge in [0.2, 0.25) is 0 Å². The van der Waals surface area contributed by atoms with Crippen molar-refractivity contribution in [3.8, 4) is 11.4 Å². The first-order valence-electron chi connectivity index (χ1n) is 8.89. The molecule has 6 rings (SSSR count). The molecule has 0 radical (unpaired) electrons. The zero-order chi connectivity index (χ0) is 17.8. The third kappa shape index (κ3) is 2.27. The molecule has 4 heteroatoms. The minimum Gasteiger partial charge on any atom is -0.352 e. The Bertz CT molecular complexity index is 1410. The van der Waals surface area contributed by atoms with E-state index in [-0.39, 0.29) is 0 Å². The topological polar surface area (TPSA) is 54.5 Å². The number of benzene rings is 4. The molecule has 0 aliphatic heterocycles. The summed E-state index contributed by atoms with van der Waals surface area (Å²) in [5.74, 6) is 0.746. The van der Waals surface area contributed by atoms with Crippen molar-refractivity contribution in [3.05, 3.63) is 78.9 Å². The van der Waals surface area contributed by atoms with Crippen LogP contribution in [0.15, 0.2) is 78.9 Å². The third-order valence-corrected chi connectivity index (χ3v) is 4.97. The third-order valence-electron chi connectivity index (χ3n) is 4.97. The monoisotopic (exact) mass is 346 g/mol. The largest absolute Gasteiger partial charge is 0.352 e. The number of hydrogen-bond acceptors (Lipinski definition) is 3. The average molecular weight is 346 g/mol. The van der Waals surface area contributed by atoms with Gasteiger partial charge in [-0.05, 0) is 41.1 Å². The highest BCUT2D eigenvalue weighted by Crippen LogP contribution is 2.27. The average Bonchev–Trinajstić information content (AvgIpc) is 3.13. The standard InChI is InChI=1S/C23H14N4/c1-2-6-15-11-16(10-9-14(15)5-1)23-26-21-12-19-20(13-22(21)27-23)25-18-8-4-3-7-17(18)24-19/h1-13,24H. The molecule has 126 valence electrons. The lowest BCUT2D eigenvalue weighted by Crippen LogP contribution is -1.87. The van der Waals surface area contributed by atoms with Crippen molar-refractivity contribution >= 4 is 43.9 Å². The quantitative estimate of drug-likeness (QED) is 0.401. The van der Waals surface area contributed by atoms with Gasteiger partial charge >= 0.3 is 0 Å². The first-order chi connectivity index (χ1) is 13.3. The second kappa shape index (κ2) is 5.35. The summed E-state index contributed by atoms with van der Waals surface area (Å²) in [6.07, 6.45) is 0. The predicted molar refractivity (Wildman–Crippen MR) is 110 cm³/mol. The molecule has 0 amide bonds. The van der Waals surface area contributed by atoms with E-state index in [2.05, 4.69) is 35.3 Å². The van der Waals surface area contributed by atoms with Crippen LogP contribution in [0.3, 0.4) is 0 Å². The van der Waals surface area contributed by atoms with Gasteiger partial charge in [-0.25, -0.2) is 15.0 Å². The van der Waals surface area contributed by atoms with Gasteiger partial charge in [0.05, 0.1) is 33.1 Å². The smallest absolute Gasteiger partial charge is 0.160 e. The van der Waals surface area contributed by atoms with Gasteiger partial charge < -0.3 is 4.98 Å². The Labute approximate surface area is 154 Å². The molecule has 0 aliphatic carbocycles. The van der Waals surface area contributed by atoms with Crippen molar-refractivity contribution in [1.82, 2.24) is 19.9 Å². The van der Waals surface area contributed by atoms with E-state index in [4.69, 9.17) is 15.0 Å². The number of rotatable bonds is 1. The molecular weight excluding hydrogens is 332 g/mol. The van der Waals surface area contributed by atoms with Gasteiger partial charge in [-0.15, -0.1) is 0 Å². The Hall–Kier alpha value is -3.79. The second-order valence-electron chi connectivity index (χ2n) is 6.72. The molecule has 0 unspecified atom stereocenters. The van der Waals surface area contributed by atoms with Gasteiger partial charge in [-0.2, -0.15) is 0 Å². The molecule has 27 heavy (non-hydrogen) atoms. The van der Waals surface area contributed by atoms with Crippen LogP contribution < -0.4 is 0 Å². The number of fused-ring (bicyclic) bond motifs is 4. The molecule has 0 aliphatic rings. The summed E-state index contributed by atoms with van der Waals surface area (Å²) in [5, 5.41) is 2.41. The fraction of sp³-hybridized carbons (Fsp3) is 0. The maximum absolute atomic E-state index is 4.76. The minimum absolute atomic E-state index is 0.746. The number of nitrogens with zero attached hydrogens (tertiary/aromatic N) is 3. The zero-order valence-corrected chi connectivity index (χ0v) is 14.3. The number of aromatic nitrogens is 4. The van der Waals surface area contributed by atoms with Crippen molar-refractivity contribution in [3.63, 3.8) is 0 Å². The number of nitrogens with one attached hydrogen (secondary N) is 1. The summed E-state index contributed by atoms with van der Waals surface area (Å²) < 4.78 is 0. The Morgan fingerprint density at radius 2 is 1.30 bits per heavy atom. The van der Waals surface area contributed by atoms with E-state index in [9.17, 15) is 0 Å². The molecule has 0 spiro atoms. The highest BCUT2D eigenvalue weighted by Gasteiger charge is 2.10. The highest BCUT2D eigenvalue weighted by molar-refractivity contribution is 5.96. The summed E-state index contributed by atoms with van der Waals surface area (Å²) >= 11 is 0. The second-order valence-corrected chi connectivity index (χ2v) is 6.72. The Kier molecular flexibility index (Phi) is 2.85. The summed E-state index contributed by atoms with van der Waals surface area (Å²) in [4.78, 5) is 17.7. The normalized spacial score (nSPS) is 11.7. The van der Waals surface area contributed by atoms with Crippen LogP contribution >= 0.6 is 0 Å². The minimum atomic E-state index is 0.746. The van der Waals surface area contributed by atoms with Crippen molar-refractivity contribution in [2.24, 2.45) is 0 Å². The fourth-order valence-corrected chi connectivity index (χ4v) is 3.60. The van der Waals surface area contributed by atoms with Gasteiger partial charge in [0.1, 0.15) is 0 Å². The van der Waals surface area contributed by atoms with Crippen LogP contribution in [0.5, 0.6) is 0 Å². The molecule has 0 saturated carbocycles. The summed E-state index contributed by atoms with van der Waals surface area (Å²) in [6.45, 7) is 0. The van der Waals surface area contributed by atoms with Crippen LogP contribution in [0.4, 0.5) is 0 Å². The van der Waals surface area contributed by atoms with Crippen LogP contribution in [0.25, 0.3) is 55.3 Å². The van der Waals surface area contributed by atoms with Crippen molar-refractivity contribution in [2.75, 3.05) is 0 Å².